The fraction of sp³-hybridized carbons (Fsp3) is 0.261. The summed E-state index contributed by atoms with van der Waals surface area (Å²) in [6.45, 7) is 1.78. The molecular formula is C23H26N6O2. The molecule has 160 valence electrons. The van der Waals surface area contributed by atoms with Crippen molar-refractivity contribution in [2.45, 2.75) is 18.9 Å². The molecule has 1 aliphatic rings. The molecule has 0 radical (unpaired) electrons. The van der Waals surface area contributed by atoms with Crippen molar-refractivity contribution in [3.8, 4) is 11.5 Å². The minimum atomic E-state index is -0.143. The zero-order valence-electron chi connectivity index (χ0n) is 17.4. The number of aldehydes is 1. The second-order valence-electron chi connectivity index (χ2n) is 7.45. The fourth-order valence-corrected chi connectivity index (χ4v) is 3.54. The maximum absolute atomic E-state index is 10.5. The van der Waals surface area contributed by atoms with Crippen molar-refractivity contribution < 1.29 is 9.90 Å². The molecular weight excluding hydrogens is 392 g/mol. The SMILES string of the molecule is CNc1cc(-c2nc3ccccc3[nH]2)[nH]n1.O=Cc1ccc(N2CCC(O)CC2)cc1. The summed E-state index contributed by atoms with van der Waals surface area (Å²) in [7, 11) is 1.83. The Kier molecular flexibility index (Phi) is 6.28. The van der Waals surface area contributed by atoms with Crippen LogP contribution in [0.4, 0.5) is 11.5 Å². The molecule has 1 saturated heterocycles. The Morgan fingerprint density at radius 3 is 2.52 bits per heavy atom. The second-order valence-corrected chi connectivity index (χ2v) is 7.45. The summed E-state index contributed by atoms with van der Waals surface area (Å²) in [4.78, 5) is 20.4. The summed E-state index contributed by atoms with van der Waals surface area (Å²) in [5.41, 5.74) is 4.69. The van der Waals surface area contributed by atoms with Crippen LogP contribution in [-0.2, 0) is 0 Å². The molecule has 0 spiro atoms. The third-order valence-corrected chi connectivity index (χ3v) is 5.34. The van der Waals surface area contributed by atoms with E-state index in [1.54, 1.807) is 0 Å². The van der Waals surface area contributed by atoms with Crippen LogP contribution in [0, 0.1) is 0 Å². The number of carbonyl (C=O) groups excluding carboxylic acids is 1. The highest BCUT2D eigenvalue weighted by Gasteiger charge is 2.16. The summed E-state index contributed by atoms with van der Waals surface area (Å²) in [6, 6.07) is 17.4. The number of hydrogen-bond donors (Lipinski definition) is 4. The average molecular weight is 419 g/mol. The zero-order chi connectivity index (χ0) is 21.6. The van der Waals surface area contributed by atoms with Crippen molar-refractivity contribution in [3.05, 3.63) is 60.2 Å². The van der Waals surface area contributed by atoms with Crippen molar-refractivity contribution in [1.29, 1.82) is 0 Å². The van der Waals surface area contributed by atoms with Gasteiger partial charge in [-0.1, -0.05) is 12.1 Å². The fourth-order valence-electron chi connectivity index (χ4n) is 3.54. The Morgan fingerprint density at radius 1 is 1.13 bits per heavy atom. The monoisotopic (exact) mass is 418 g/mol. The molecule has 2 aromatic carbocycles. The van der Waals surface area contributed by atoms with E-state index < -0.39 is 0 Å². The molecule has 3 heterocycles. The number of aromatic amines is 2. The first-order valence-electron chi connectivity index (χ1n) is 10.3. The van der Waals surface area contributed by atoms with Gasteiger partial charge >= 0.3 is 0 Å². The number of H-pyrrole nitrogens is 2. The van der Waals surface area contributed by atoms with E-state index in [-0.39, 0.29) is 6.10 Å². The first-order valence-corrected chi connectivity index (χ1v) is 10.3. The van der Waals surface area contributed by atoms with Crippen LogP contribution in [0.1, 0.15) is 23.2 Å². The van der Waals surface area contributed by atoms with E-state index in [0.717, 1.165) is 66.3 Å². The number of piperidine rings is 1. The van der Waals surface area contributed by atoms with E-state index in [0.29, 0.717) is 5.56 Å². The Hall–Kier alpha value is -3.65. The van der Waals surface area contributed by atoms with Gasteiger partial charge in [-0.15, -0.1) is 0 Å². The van der Waals surface area contributed by atoms with Crippen molar-refractivity contribution in [1.82, 2.24) is 20.2 Å². The minimum Gasteiger partial charge on any atom is -0.393 e. The molecule has 2 aromatic heterocycles. The van der Waals surface area contributed by atoms with Gasteiger partial charge in [0.15, 0.2) is 5.82 Å². The number of carbonyl (C=O) groups is 1. The third kappa shape index (κ3) is 4.92. The van der Waals surface area contributed by atoms with Crippen LogP contribution in [0.25, 0.3) is 22.6 Å². The zero-order valence-corrected chi connectivity index (χ0v) is 17.4. The maximum atomic E-state index is 10.5. The number of hydrogen-bond acceptors (Lipinski definition) is 6. The molecule has 5 rings (SSSR count). The van der Waals surface area contributed by atoms with Crippen molar-refractivity contribution >= 4 is 28.8 Å². The van der Waals surface area contributed by atoms with Gasteiger partial charge in [0.2, 0.25) is 0 Å². The smallest absolute Gasteiger partial charge is 0.156 e. The molecule has 1 fully saturated rings. The molecule has 8 heteroatoms. The van der Waals surface area contributed by atoms with Crippen molar-refractivity contribution in [3.63, 3.8) is 0 Å². The number of anilines is 2. The molecule has 0 amide bonds. The summed E-state index contributed by atoms with van der Waals surface area (Å²) in [5.74, 6) is 1.60. The number of fused-ring (bicyclic) bond motifs is 1. The van der Waals surface area contributed by atoms with Gasteiger partial charge in [0, 0.05) is 37.5 Å². The number of aromatic nitrogens is 4. The van der Waals surface area contributed by atoms with Crippen LogP contribution in [-0.4, -0.2) is 57.8 Å². The predicted octanol–water partition coefficient (Wildman–Crippen LogP) is 3.45. The Balaban J connectivity index is 0.000000150. The number of nitrogens with zero attached hydrogens (tertiary/aromatic N) is 3. The number of rotatable bonds is 4. The number of para-hydroxylation sites is 2. The van der Waals surface area contributed by atoms with Gasteiger partial charge in [0.25, 0.3) is 0 Å². The van der Waals surface area contributed by atoms with Gasteiger partial charge in [-0.2, -0.15) is 5.10 Å². The normalized spacial score (nSPS) is 14.2. The van der Waals surface area contributed by atoms with E-state index in [1.807, 2.05) is 61.6 Å². The van der Waals surface area contributed by atoms with Crippen LogP contribution in [0.3, 0.4) is 0 Å². The highest BCUT2D eigenvalue weighted by molar-refractivity contribution is 5.79. The largest absolute Gasteiger partial charge is 0.393 e. The standard InChI is InChI=1S/C12H15NO2.C11H11N5/c14-9-10-1-3-11(4-2-10)13-7-5-12(15)6-8-13;1-12-10-6-9(15-16-10)11-13-7-4-2-3-5-8(7)14-11/h1-4,9,12,15H,5-8H2;2-6H,1H3,(H,13,14)(H2,12,15,16). The van der Waals surface area contributed by atoms with Gasteiger partial charge in [-0.3, -0.25) is 9.89 Å². The van der Waals surface area contributed by atoms with Crippen molar-refractivity contribution in [2.75, 3.05) is 30.4 Å². The lowest BCUT2D eigenvalue weighted by atomic mass is 10.1. The molecule has 4 N–H and O–H groups in total. The molecule has 0 aliphatic carbocycles. The van der Waals surface area contributed by atoms with Gasteiger partial charge in [-0.05, 0) is 49.2 Å². The van der Waals surface area contributed by atoms with E-state index in [4.69, 9.17) is 0 Å². The van der Waals surface area contributed by atoms with Crippen molar-refractivity contribution in [2.24, 2.45) is 0 Å². The number of imidazole rings is 1. The van der Waals surface area contributed by atoms with E-state index >= 15 is 0 Å². The van der Waals surface area contributed by atoms with Crippen LogP contribution < -0.4 is 10.2 Å². The lowest BCUT2D eigenvalue weighted by Gasteiger charge is -2.31. The molecule has 0 bridgehead atoms. The highest BCUT2D eigenvalue weighted by Crippen LogP contribution is 2.21. The summed E-state index contributed by atoms with van der Waals surface area (Å²) >= 11 is 0. The van der Waals surface area contributed by atoms with Gasteiger partial charge in [-0.25, -0.2) is 4.98 Å². The number of aliphatic hydroxyl groups is 1. The third-order valence-electron chi connectivity index (χ3n) is 5.34. The number of nitrogens with one attached hydrogen (secondary N) is 3. The molecule has 31 heavy (non-hydrogen) atoms. The predicted molar refractivity (Wildman–Crippen MR) is 123 cm³/mol. The molecule has 0 atom stereocenters. The Morgan fingerprint density at radius 2 is 1.87 bits per heavy atom. The Bertz CT molecular complexity index is 1090. The molecule has 1 aliphatic heterocycles. The first-order chi connectivity index (χ1) is 15.2. The van der Waals surface area contributed by atoms with E-state index in [1.165, 1.54) is 0 Å². The number of aliphatic hydroxyl groups excluding tert-OH is 1. The Labute approximate surface area is 180 Å². The van der Waals surface area contributed by atoms with Gasteiger partial charge in [0.05, 0.1) is 17.1 Å². The van der Waals surface area contributed by atoms with Crippen LogP contribution in [0.15, 0.2) is 54.6 Å². The molecule has 0 unspecified atom stereocenters. The second kappa shape index (κ2) is 9.44. The lowest BCUT2D eigenvalue weighted by molar-refractivity contribution is 0.112. The summed E-state index contributed by atoms with van der Waals surface area (Å²) in [6.07, 6.45) is 2.37. The van der Waals surface area contributed by atoms with E-state index in [2.05, 4.69) is 30.4 Å². The average Bonchev–Trinajstić information content (AvgIpc) is 3.47. The van der Waals surface area contributed by atoms with Gasteiger partial charge < -0.3 is 20.3 Å². The number of benzene rings is 2. The quantitative estimate of drug-likeness (QED) is 0.378. The van der Waals surface area contributed by atoms with E-state index in [9.17, 15) is 9.90 Å². The highest BCUT2D eigenvalue weighted by atomic mass is 16.3. The maximum Gasteiger partial charge on any atom is 0.156 e. The molecule has 0 saturated carbocycles. The summed E-state index contributed by atoms with van der Waals surface area (Å²) in [5, 5.41) is 19.4. The lowest BCUT2D eigenvalue weighted by Crippen LogP contribution is -2.35. The van der Waals surface area contributed by atoms with Crippen LogP contribution in [0.5, 0.6) is 0 Å². The topological polar surface area (TPSA) is 110 Å². The first kappa shape index (κ1) is 20.6. The minimum absolute atomic E-state index is 0.143. The summed E-state index contributed by atoms with van der Waals surface area (Å²) < 4.78 is 0. The molecule has 8 nitrogen and oxygen atoms in total. The molecule has 4 aromatic rings. The van der Waals surface area contributed by atoms with Crippen LogP contribution >= 0.6 is 0 Å². The van der Waals surface area contributed by atoms with Crippen LogP contribution in [0.2, 0.25) is 0 Å². The van der Waals surface area contributed by atoms with Gasteiger partial charge in [0.1, 0.15) is 17.8 Å².